The Balaban J connectivity index is 2.36. The second-order valence-electron chi connectivity index (χ2n) is 3.98. The van der Waals surface area contributed by atoms with Gasteiger partial charge in [-0.25, -0.2) is 13.4 Å². The van der Waals surface area contributed by atoms with Gasteiger partial charge >= 0.3 is 0 Å². The maximum atomic E-state index is 12.3. The summed E-state index contributed by atoms with van der Waals surface area (Å²) in [5.74, 6) is 0.400. The van der Waals surface area contributed by atoms with Gasteiger partial charge < -0.3 is 5.32 Å². The van der Waals surface area contributed by atoms with Crippen LogP contribution in [0, 0.1) is 0 Å². The zero-order valence-corrected chi connectivity index (χ0v) is 14.6. The van der Waals surface area contributed by atoms with Crippen LogP contribution in [0.15, 0.2) is 39.8 Å². The Bertz CT molecular complexity index is 784. The highest BCUT2D eigenvalue weighted by molar-refractivity contribution is 9.10. The highest BCUT2D eigenvalue weighted by Gasteiger charge is 2.18. The predicted molar refractivity (Wildman–Crippen MR) is 88.8 cm³/mol. The van der Waals surface area contributed by atoms with Crippen LogP contribution in [0.4, 0.5) is 11.5 Å². The zero-order valence-electron chi connectivity index (χ0n) is 10.7. The first kappa shape index (κ1) is 16.4. The molecule has 1 aromatic heterocycles. The standard InChI is InChI=1S/C12H10BrCl2N3O2S/c1-16-12-10(15)5-8(6-17-12)21(19,20)18-11-3-2-7(13)4-9(11)14/h2-6,18H,1H3,(H,16,17). The molecule has 0 amide bonds. The van der Waals surface area contributed by atoms with Gasteiger partial charge in [-0.05, 0) is 24.3 Å². The highest BCUT2D eigenvalue weighted by atomic mass is 79.9. The summed E-state index contributed by atoms with van der Waals surface area (Å²) in [6.45, 7) is 0. The second kappa shape index (κ2) is 6.39. The fraction of sp³-hybridized carbons (Fsp3) is 0.0833. The Morgan fingerprint density at radius 1 is 1.19 bits per heavy atom. The topological polar surface area (TPSA) is 71.1 Å². The molecule has 0 fully saturated rings. The lowest BCUT2D eigenvalue weighted by Crippen LogP contribution is -2.14. The SMILES string of the molecule is CNc1ncc(S(=O)(=O)Nc2ccc(Br)cc2Cl)cc1Cl. The minimum atomic E-state index is -3.82. The smallest absolute Gasteiger partial charge is 0.263 e. The predicted octanol–water partition coefficient (Wildman–Crippen LogP) is 3.99. The maximum Gasteiger partial charge on any atom is 0.263 e. The number of rotatable bonds is 4. The van der Waals surface area contributed by atoms with E-state index in [0.29, 0.717) is 5.82 Å². The van der Waals surface area contributed by atoms with E-state index < -0.39 is 10.0 Å². The minimum absolute atomic E-state index is 0.0505. The highest BCUT2D eigenvalue weighted by Crippen LogP contribution is 2.29. The molecule has 1 aromatic carbocycles. The van der Waals surface area contributed by atoms with Gasteiger partial charge in [-0.2, -0.15) is 0 Å². The Morgan fingerprint density at radius 3 is 2.48 bits per heavy atom. The van der Waals surface area contributed by atoms with Crippen LogP contribution in [-0.2, 0) is 10.0 Å². The molecular formula is C12H10BrCl2N3O2S. The maximum absolute atomic E-state index is 12.3. The molecule has 2 rings (SSSR count). The average Bonchev–Trinajstić information content (AvgIpc) is 2.42. The first-order chi connectivity index (χ1) is 9.83. The minimum Gasteiger partial charge on any atom is -0.372 e. The van der Waals surface area contributed by atoms with Gasteiger partial charge in [-0.3, -0.25) is 4.72 Å². The van der Waals surface area contributed by atoms with Crippen LogP contribution in [0.2, 0.25) is 10.0 Å². The molecule has 0 saturated carbocycles. The number of hydrogen-bond donors (Lipinski definition) is 2. The Kier molecular flexibility index (Phi) is 4.98. The largest absolute Gasteiger partial charge is 0.372 e. The number of benzene rings is 1. The summed E-state index contributed by atoms with van der Waals surface area (Å²) in [5, 5.41) is 3.24. The number of aromatic nitrogens is 1. The number of hydrogen-bond acceptors (Lipinski definition) is 4. The van der Waals surface area contributed by atoms with Crippen molar-refractivity contribution in [1.29, 1.82) is 0 Å². The van der Waals surface area contributed by atoms with Gasteiger partial charge in [0.25, 0.3) is 10.0 Å². The van der Waals surface area contributed by atoms with Gasteiger partial charge in [0, 0.05) is 17.7 Å². The Hall–Kier alpha value is -1.02. The first-order valence-corrected chi connectivity index (χ1v) is 8.68. The summed E-state index contributed by atoms with van der Waals surface area (Å²) in [6, 6.07) is 6.14. The molecule has 0 spiro atoms. The molecule has 0 aliphatic heterocycles. The third kappa shape index (κ3) is 3.79. The van der Waals surface area contributed by atoms with Crippen molar-refractivity contribution in [2.24, 2.45) is 0 Å². The van der Waals surface area contributed by atoms with E-state index in [9.17, 15) is 8.42 Å². The van der Waals surface area contributed by atoms with Crippen LogP contribution >= 0.6 is 39.1 Å². The first-order valence-electron chi connectivity index (χ1n) is 5.64. The van der Waals surface area contributed by atoms with E-state index in [1.807, 2.05) is 0 Å². The van der Waals surface area contributed by atoms with Crippen LogP contribution in [0.25, 0.3) is 0 Å². The van der Waals surface area contributed by atoms with E-state index in [1.165, 1.54) is 12.3 Å². The molecule has 0 radical (unpaired) electrons. The number of nitrogens with one attached hydrogen (secondary N) is 2. The van der Waals surface area contributed by atoms with Gasteiger partial charge in [0.2, 0.25) is 0 Å². The molecule has 9 heteroatoms. The van der Waals surface area contributed by atoms with Crippen LogP contribution in [-0.4, -0.2) is 20.4 Å². The average molecular weight is 411 g/mol. The lowest BCUT2D eigenvalue weighted by atomic mass is 10.3. The molecule has 0 bridgehead atoms. The van der Waals surface area contributed by atoms with Gasteiger partial charge in [0.15, 0.2) is 0 Å². The van der Waals surface area contributed by atoms with Gasteiger partial charge in [0.05, 0.1) is 15.7 Å². The van der Waals surface area contributed by atoms with E-state index in [2.05, 4.69) is 31.0 Å². The van der Waals surface area contributed by atoms with Crippen molar-refractivity contribution >= 4 is 60.7 Å². The molecule has 0 saturated heterocycles. The van der Waals surface area contributed by atoms with E-state index >= 15 is 0 Å². The molecule has 0 unspecified atom stereocenters. The fourth-order valence-corrected chi connectivity index (χ4v) is 3.68. The quantitative estimate of drug-likeness (QED) is 0.799. The molecule has 0 aliphatic rings. The van der Waals surface area contributed by atoms with Gasteiger partial charge in [-0.15, -0.1) is 0 Å². The summed E-state index contributed by atoms with van der Waals surface area (Å²) in [4.78, 5) is 3.89. The van der Waals surface area contributed by atoms with Crippen molar-refractivity contribution in [2.75, 3.05) is 17.1 Å². The van der Waals surface area contributed by atoms with Crippen LogP contribution in [0.5, 0.6) is 0 Å². The van der Waals surface area contributed by atoms with Crippen LogP contribution < -0.4 is 10.0 Å². The van der Waals surface area contributed by atoms with Gasteiger partial charge in [0.1, 0.15) is 10.7 Å². The molecule has 21 heavy (non-hydrogen) atoms. The summed E-state index contributed by atoms with van der Waals surface area (Å²) in [5.41, 5.74) is 0.272. The van der Waals surface area contributed by atoms with Crippen molar-refractivity contribution < 1.29 is 8.42 Å². The third-order valence-electron chi connectivity index (χ3n) is 2.54. The molecular weight excluding hydrogens is 401 g/mol. The molecule has 5 nitrogen and oxygen atoms in total. The molecule has 2 aromatic rings. The molecule has 2 N–H and O–H groups in total. The van der Waals surface area contributed by atoms with Crippen LogP contribution in [0.1, 0.15) is 0 Å². The lowest BCUT2D eigenvalue weighted by Gasteiger charge is -2.11. The molecule has 0 atom stereocenters. The summed E-state index contributed by atoms with van der Waals surface area (Å²) >= 11 is 15.2. The van der Waals surface area contributed by atoms with Crippen molar-refractivity contribution in [3.05, 3.63) is 45.0 Å². The molecule has 0 aliphatic carbocycles. The van der Waals surface area contributed by atoms with Crippen molar-refractivity contribution in [3.63, 3.8) is 0 Å². The number of halogens is 3. The van der Waals surface area contributed by atoms with Gasteiger partial charge in [-0.1, -0.05) is 39.1 Å². The van der Waals surface area contributed by atoms with E-state index in [1.54, 1.807) is 25.2 Å². The molecule has 112 valence electrons. The van der Waals surface area contributed by atoms with E-state index in [4.69, 9.17) is 23.2 Å². The number of sulfonamides is 1. The normalized spacial score (nSPS) is 11.2. The number of pyridine rings is 1. The zero-order chi connectivity index (χ0) is 15.6. The van der Waals surface area contributed by atoms with E-state index in [-0.39, 0.29) is 20.6 Å². The number of anilines is 2. The van der Waals surface area contributed by atoms with Crippen molar-refractivity contribution in [3.8, 4) is 0 Å². The number of nitrogens with zero attached hydrogens (tertiary/aromatic N) is 1. The second-order valence-corrected chi connectivity index (χ2v) is 7.39. The lowest BCUT2D eigenvalue weighted by molar-refractivity contribution is 0.601. The van der Waals surface area contributed by atoms with Crippen molar-refractivity contribution in [2.45, 2.75) is 4.90 Å². The van der Waals surface area contributed by atoms with Crippen molar-refractivity contribution in [1.82, 2.24) is 4.98 Å². The summed E-state index contributed by atoms with van der Waals surface area (Å²) < 4.78 is 27.7. The molecule has 1 heterocycles. The Labute approximate surface area is 140 Å². The Morgan fingerprint density at radius 2 is 1.90 bits per heavy atom. The van der Waals surface area contributed by atoms with Crippen LogP contribution in [0.3, 0.4) is 0 Å². The monoisotopic (exact) mass is 409 g/mol. The third-order valence-corrected chi connectivity index (χ3v) is 4.97. The summed E-state index contributed by atoms with van der Waals surface area (Å²) in [6.07, 6.45) is 1.22. The fourth-order valence-electron chi connectivity index (χ4n) is 1.53. The summed E-state index contributed by atoms with van der Waals surface area (Å²) in [7, 11) is -2.18. The van der Waals surface area contributed by atoms with E-state index in [0.717, 1.165) is 4.47 Å².